The number of hydrogen-bond donors (Lipinski definition) is 0. The fourth-order valence-corrected chi connectivity index (χ4v) is 3.71. The predicted octanol–water partition coefficient (Wildman–Crippen LogP) is 4.32. The van der Waals surface area contributed by atoms with E-state index < -0.39 is 0 Å². The Balaban J connectivity index is 2.06. The molecule has 146 valence electrons. The molecule has 0 unspecified atom stereocenters. The van der Waals surface area contributed by atoms with Gasteiger partial charge < -0.3 is 4.90 Å². The maximum Gasteiger partial charge on any atom is 0.277 e. The van der Waals surface area contributed by atoms with E-state index in [-0.39, 0.29) is 11.8 Å². The molecule has 1 aliphatic heterocycles. The van der Waals surface area contributed by atoms with E-state index in [4.69, 9.17) is 0 Å². The van der Waals surface area contributed by atoms with Gasteiger partial charge in [0.25, 0.3) is 11.8 Å². The smallest absolute Gasteiger partial charge is 0.277 e. The Bertz CT molecular complexity index is 915. The number of imide groups is 1. The normalized spacial score (nSPS) is 14.2. The van der Waals surface area contributed by atoms with E-state index >= 15 is 0 Å². The SMILES string of the molecule is CCCCN1C(=O)C(c2ccc(C)cc2C)=C(N(C)Cc2ccccc2)C1=O. The average Bonchev–Trinajstić information content (AvgIpc) is 2.91. The molecule has 0 radical (unpaired) electrons. The van der Waals surface area contributed by atoms with Crippen molar-refractivity contribution in [2.45, 2.75) is 40.2 Å². The van der Waals surface area contributed by atoms with Crippen molar-refractivity contribution < 1.29 is 9.59 Å². The van der Waals surface area contributed by atoms with Crippen LogP contribution in [0.5, 0.6) is 0 Å². The molecule has 0 aliphatic carbocycles. The Morgan fingerprint density at radius 2 is 1.68 bits per heavy atom. The first-order valence-electron chi connectivity index (χ1n) is 9.87. The number of benzene rings is 2. The monoisotopic (exact) mass is 376 g/mol. The molecule has 0 fully saturated rings. The number of carbonyl (C=O) groups is 2. The highest BCUT2D eigenvalue weighted by atomic mass is 16.2. The standard InChI is InChI=1S/C24H28N2O2/c1-5-6-14-26-23(27)21(20-13-12-17(2)15-18(20)3)22(24(26)28)25(4)16-19-10-8-7-9-11-19/h7-13,15H,5-6,14,16H2,1-4H3. The molecule has 0 N–H and O–H groups in total. The van der Waals surface area contributed by atoms with Crippen LogP contribution in [0.2, 0.25) is 0 Å². The predicted molar refractivity (Wildman–Crippen MR) is 112 cm³/mol. The van der Waals surface area contributed by atoms with Crippen LogP contribution in [0.1, 0.15) is 42.0 Å². The minimum atomic E-state index is -0.188. The second kappa shape index (κ2) is 8.42. The third-order valence-electron chi connectivity index (χ3n) is 5.17. The summed E-state index contributed by atoms with van der Waals surface area (Å²) < 4.78 is 0. The number of unbranched alkanes of at least 4 members (excludes halogenated alkanes) is 1. The summed E-state index contributed by atoms with van der Waals surface area (Å²) in [5, 5.41) is 0. The second-order valence-electron chi connectivity index (χ2n) is 7.50. The quantitative estimate of drug-likeness (QED) is 0.676. The number of likely N-dealkylation sites (N-methyl/N-ethyl adjacent to an activating group) is 1. The summed E-state index contributed by atoms with van der Waals surface area (Å²) in [5.41, 5.74) is 5.12. The maximum absolute atomic E-state index is 13.2. The van der Waals surface area contributed by atoms with Crippen molar-refractivity contribution in [2.75, 3.05) is 13.6 Å². The van der Waals surface area contributed by atoms with Crippen molar-refractivity contribution in [3.63, 3.8) is 0 Å². The van der Waals surface area contributed by atoms with Crippen LogP contribution in [0, 0.1) is 13.8 Å². The van der Waals surface area contributed by atoms with Crippen LogP contribution in [0.15, 0.2) is 54.2 Å². The van der Waals surface area contributed by atoms with Gasteiger partial charge in [-0.15, -0.1) is 0 Å². The second-order valence-corrected chi connectivity index (χ2v) is 7.50. The molecule has 0 aromatic heterocycles. The number of aryl methyl sites for hydroxylation is 2. The van der Waals surface area contributed by atoms with Gasteiger partial charge >= 0.3 is 0 Å². The van der Waals surface area contributed by atoms with E-state index in [9.17, 15) is 9.59 Å². The molecule has 28 heavy (non-hydrogen) atoms. The van der Waals surface area contributed by atoms with Crippen molar-refractivity contribution in [2.24, 2.45) is 0 Å². The van der Waals surface area contributed by atoms with Gasteiger partial charge in [0.15, 0.2) is 0 Å². The first kappa shape index (κ1) is 19.9. The largest absolute Gasteiger partial charge is 0.365 e. The molecular formula is C24H28N2O2. The highest BCUT2D eigenvalue weighted by Crippen LogP contribution is 2.33. The molecule has 0 atom stereocenters. The molecule has 0 saturated carbocycles. The van der Waals surface area contributed by atoms with Crippen LogP contribution in [0.3, 0.4) is 0 Å². The van der Waals surface area contributed by atoms with E-state index in [1.165, 1.54) is 4.90 Å². The molecule has 0 spiro atoms. The van der Waals surface area contributed by atoms with Gasteiger partial charge in [-0.1, -0.05) is 67.4 Å². The van der Waals surface area contributed by atoms with Gasteiger partial charge in [-0.3, -0.25) is 14.5 Å². The van der Waals surface area contributed by atoms with Gasteiger partial charge in [0, 0.05) is 20.1 Å². The molecule has 2 amide bonds. The lowest BCUT2D eigenvalue weighted by Gasteiger charge is -2.21. The lowest BCUT2D eigenvalue weighted by Crippen LogP contribution is -2.34. The molecule has 2 aromatic carbocycles. The van der Waals surface area contributed by atoms with Crippen LogP contribution in [0.4, 0.5) is 0 Å². The fraction of sp³-hybridized carbons (Fsp3) is 0.333. The summed E-state index contributed by atoms with van der Waals surface area (Å²) in [4.78, 5) is 29.8. The van der Waals surface area contributed by atoms with Crippen molar-refractivity contribution in [1.29, 1.82) is 0 Å². The third kappa shape index (κ3) is 3.86. The number of rotatable bonds is 7. The summed E-state index contributed by atoms with van der Waals surface area (Å²) >= 11 is 0. The molecule has 0 saturated heterocycles. The fourth-order valence-electron chi connectivity index (χ4n) is 3.71. The number of hydrogen-bond acceptors (Lipinski definition) is 3. The minimum Gasteiger partial charge on any atom is -0.365 e. The minimum absolute atomic E-state index is 0.180. The summed E-state index contributed by atoms with van der Waals surface area (Å²) in [6.07, 6.45) is 1.75. The van der Waals surface area contributed by atoms with Crippen molar-refractivity contribution in [1.82, 2.24) is 9.80 Å². The van der Waals surface area contributed by atoms with Crippen LogP contribution in [0.25, 0.3) is 5.57 Å². The molecular weight excluding hydrogens is 348 g/mol. The first-order chi connectivity index (χ1) is 13.4. The Morgan fingerprint density at radius 1 is 0.964 bits per heavy atom. The summed E-state index contributed by atoms with van der Waals surface area (Å²) in [6.45, 7) is 7.13. The summed E-state index contributed by atoms with van der Waals surface area (Å²) in [5.74, 6) is -0.368. The lowest BCUT2D eigenvalue weighted by atomic mass is 9.97. The van der Waals surface area contributed by atoms with Gasteiger partial charge in [-0.2, -0.15) is 0 Å². The van der Waals surface area contributed by atoms with E-state index in [2.05, 4.69) is 13.0 Å². The number of nitrogens with zero attached hydrogens (tertiary/aromatic N) is 2. The van der Waals surface area contributed by atoms with E-state index in [0.717, 1.165) is 35.1 Å². The van der Waals surface area contributed by atoms with Gasteiger partial charge in [-0.25, -0.2) is 0 Å². The summed E-state index contributed by atoms with van der Waals surface area (Å²) in [6, 6.07) is 16.0. The van der Waals surface area contributed by atoms with Crippen molar-refractivity contribution in [3.8, 4) is 0 Å². The molecule has 1 aliphatic rings. The summed E-state index contributed by atoms with van der Waals surface area (Å²) in [7, 11) is 1.89. The van der Waals surface area contributed by atoms with Crippen LogP contribution >= 0.6 is 0 Å². The number of amides is 2. The van der Waals surface area contributed by atoms with Crippen LogP contribution < -0.4 is 0 Å². The van der Waals surface area contributed by atoms with Crippen molar-refractivity contribution >= 4 is 17.4 Å². The molecule has 1 heterocycles. The van der Waals surface area contributed by atoms with Gasteiger partial charge in [0.1, 0.15) is 5.70 Å². The molecule has 2 aromatic rings. The zero-order valence-corrected chi connectivity index (χ0v) is 17.2. The average molecular weight is 377 g/mol. The van der Waals surface area contributed by atoms with Crippen molar-refractivity contribution in [3.05, 3.63) is 76.5 Å². The first-order valence-corrected chi connectivity index (χ1v) is 9.87. The maximum atomic E-state index is 13.2. The molecule has 4 nitrogen and oxygen atoms in total. The van der Waals surface area contributed by atoms with Crippen LogP contribution in [-0.2, 0) is 16.1 Å². The van der Waals surface area contributed by atoms with Gasteiger partial charge in [-0.05, 0) is 37.0 Å². The molecule has 0 bridgehead atoms. The molecule has 3 rings (SSSR count). The highest BCUT2D eigenvalue weighted by molar-refractivity contribution is 6.35. The van der Waals surface area contributed by atoms with Gasteiger partial charge in [0.2, 0.25) is 0 Å². The Kier molecular flexibility index (Phi) is 5.98. The topological polar surface area (TPSA) is 40.6 Å². The highest BCUT2D eigenvalue weighted by Gasteiger charge is 2.40. The van der Waals surface area contributed by atoms with E-state index in [1.807, 2.05) is 68.3 Å². The van der Waals surface area contributed by atoms with Crippen LogP contribution in [-0.4, -0.2) is 35.2 Å². The zero-order chi connectivity index (χ0) is 20.3. The third-order valence-corrected chi connectivity index (χ3v) is 5.17. The molecule has 4 heteroatoms. The van der Waals surface area contributed by atoms with E-state index in [0.29, 0.717) is 24.4 Å². The zero-order valence-electron chi connectivity index (χ0n) is 17.2. The Morgan fingerprint density at radius 3 is 2.32 bits per heavy atom. The Hall–Kier alpha value is -2.88. The van der Waals surface area contributed by atoms with E-state index in [1.54, 1.807) is 0 Å². The Labute approximate surface area is 167 Å². The lowest BCUT2D eigenvalue weighted by molar-refractivity contribution is -0.137. The van der Waals surface area contributed by atoms with Gasteiger partial charge in [0.05, 0.1) is 5.57 Å². The number of carbonyl (C=O) groups excluding carboxylic acids is 2.